The fraction of sp³-hybridized carbons (Fsp3) is 0.286. The molecule has 0 amide bonds. The van der Waals surface area contributed by atoms with Gasteiger partial charge in [0.2, 0.25) is 5.95 Å². The van der Waals surface area contributed by atoms with E-state index in [-0.39, 0.29) is 0 Å². The van der Waals surface area contributed by atoms with Crippen molar-refractivity contribution in [1.29, 1.82) is 0 Å². The van der Waals surface area contributed by atoms with Crippen molar-refractivity contribution < 1.29 is 9.47 Å². The third-order valence-electron chi connectivity index (χ3n) is 4.34. The highest BCUT2D eigenvalue weighted by Crippen LogP contribution is 2.27. The molecule has 7 heteroatoms. The number of nitrogens with zero attached hydrogens (tertiary/aromatic N) is 3. The van der Waals surface area contributed by atoms with E-state index >= 15 is 0 Å². The first-order valence-electron chi connectivity index (χ1n) is 9.22. The lowest BCUT2D eigenvalue weighted by molar-refractivity contribution is 0.354. The van der Waals surface area contributed by atoms with E-state index in [0.717, 1.165) is 35.6 Å². The van der Waals surface area contributed by atoms with E-state index in [9.17, 15) is 0 Å². The molecule has 2 N–H and O–H groups in total. The maximum atomic E-state index is 5.34. The normalized spacial score (nSPS) is 10.4. The van der Waals surface area contributed by atoms with Crippen molar-refractivity contribution in [3.63, 3.8) is 0 Å². The summed E-state index contributed by atoms with van der Waals surface area (Å²) < 4.78 is 10.6. The highest BCUT2D eigenvalue weighted by Gasteiger charge is 2.05. The fourth-order valence-corrected chi connectivity index (χ4v) is 2.77. The van der Waals surface area contributed by atoms with Crippen LogP contribution in [0.3, 0.4) is 0 Å². The van der Waals surface area contributed by atoms with Gasteiger partial charge in [-0.2, -0.15) is 10.1 Å². The molecule has 0 unspecified atom stereocenters. The molecule has 28 heavy (non-hydrogen) atoms. The van der Waals surface area contributed by atoms with Crippen molar-refractivity contribution in [3.05, 3.63) is 59.8 Å². The van der Waals surface area contributed by atoms with Crippen molar-refractivity contribution in [2.24, 2.45) is 0 Å². The van der Waals surface area contributed by atoms with Crippen molar-refractivity contribution in [1.82, 2.24) is 15.2 Å². The predicted octanol–water partition coefficient (Wildman–Crippen LogP) is 3.85. The van der Waals surface area contributed by atoms with E-state index in [2.05, 4.69) is 44.9 Å². The number of anilines is 3. The first-order chi connectivity index (χ1) is 13.7. The molecule has 1 aromatic heterocycles. The van der Waals surface area contributed by atoms with E-state index in [1.807, 2.05) is 30.3 Å². The van der Waals surface area contributed by atoms with E-state index in [4.69, 9.17) is 9.47 Å². The van der Waals surface area contributed by atoms with Gasteiger partial charge in [-0.15, -0.1) is 5.10 Å². The van der Waals surface area contributed by atoms with E-state index in [1.54, 1.807) is 20.4 Å². The Labute approximate surface area is 165 Å². The minimum atomic E-state index is 0.482. The largest absolute Gasteiger partial charge is 0.493 e. The summed E-state index contributed by atoms with van der Waals surface area (Å²) in [6, 6.07) is 14.1. The summed E-state index contributed by atoms with van der Waals surface area (Å²) in [5.74, 6) is 2.57. The topological polar surface area (TPSA) is 81.2 Å². The Hall–Kier alpha value is -3.35. The van der Waals surface area contributed by atoms with Crippen LogP contribution in [-0.4, -0.2) is 35.9 Å². The molecule has 0 fully saturated rings. The van der Waals surface area contributed by atoms with Gasteiger partial charge in [0, 0.05) is 12.2 Å². The Kier molecular flexibility index (Phi) is 6.62. The molecule has 2 aromatic carbocycles. The van der Waals surface area contributed by atoms with Gasteiger partial charge in [0.15, 0.2) is 17.3 Å². The zero-order valence-corrected chi connectivity index (χ0v) is 16.4. The number of nitrogens with one attached hydrogen (secondary N) is 2. The third-order valence-corrected chi connectivity index (χ3v) is 4.34. The average molecular weight is 379 g/mol. The number of aromatic nitrogens is 3. The number of benzene rings is 2. The van der Waals surface area contributed by atoms with Crippen molar-refractivity contribution in [3.8, 4) is 11.5 Å². The summed E-state index contributed by atoms with van der Waals surface area (Å²) in [4.78, 5) is 4.46. The summed E-state index contributed by atoms with van der Waals surface area (Å²) in [6.07, 6.45) is 3.41. The summed E-state index contributed by atoms with van der Waals surface area (Å²) >= 11 is 0. The molecule has 0 spiro atoms. The van der Waals surface area contributed by atoms with E-state index < -0.39 is 0 Å². The molecule has 1 heterocycles. The standard InChI is InChI=1S/C21H25N5O2/c1-4-15-5-8-17(9-6-15)24-20-14-23-26-21(25-20)22-12-11-16-7-10-18(27-2)19(13-16)28-3/h5-10,13-14H,4,11-12H2,1-3H3,(H2,22,24,25,26). The maximum absolute atomic E-state index is 5.34. The van der Waals surface area contributed by atoms with Crippen LogP contribution in [0.15, 0.2) is 48.7 Å². The zero-order valence-electron chi connectivity index (χ0n) is 16.4. The van der Waals surface area contributed by atoms with Gasteiger partial charge in [-0.25, -0.2) is 0 Å². The maximum Gasteiger partial charge on any atom is 0.244 e. The van der Waals surface area contributed by atoms with Crippen LogP contribution in [-0.2, 0) is 12.8 Å². The second-order valence-electron chi connectivity index (χ2n) is 6.21. The number of hydrogen-bond acceptors (Lipinski definition) is 7. The Morgan fingerprint density at radius 3 is 2.39 bits per heavy atom. The van der Waals surface area contributed by atoms with Crippen LogP contribution in [0, 0.1) is 0 Å². The van der Waals surface area contributed by atoms with Crippen LogP contribution >= 0.6 is 0 Å². The van der Waals surface area contributed by atoms with Gasteiger partial charge in [-0.3, -0.25) is 0 Å². The first-order valence-corrected chi connectivity index (χ1v) is 9.22. The molecule has 0 saturated heterocycles. The Morgan fingerprint density at radius 1 is 0.929 bits per heavy atom. The SMILES string of the molecule is CCc1ccc(Nc2cnnc(NCCc3ccc(OC)c(OC)c3)n2)cc1. The quantitative estimate of drug-likeness (QED) is 0.584. The number of rotatable bonds is 9. The molecule has 0 atom stereocenters. The Morgan fingerprint density at radius 2 is 1.68 bits per heavy atom. The highest BCUT2D eigenvalue weighted by atomic mass is 16.5. The molecule has 0 radical (unpaired) electrons. The van der Waals surface area contributed by atoms with Gasteiger partial charge in [0.25, 0.3) is 0 Å². The smallest absolute Gasteiger partial charge is 0.244 e. The van der Waals surface area contributed by atoms with Crippen molar-refractivity contribution >= 4 is 17.5 Å². The molecular weight excluding hydrogens is 354 g/mol. The number of aryl methyl sites for hydroxylation is 1. The molecular formula is C21H25N5O2. The molecule has 3 aromatic rings. The highest BCUT2D eigenvalue weighted by molar-refractivity contribution is 5.56. The molecule has 0 aliphatic rings. The number of methoxy groups -OCH3 is 2. The second kappa shape index (κ2) is 9.55. The first kappa shape index (κ1) is 19.4. The summed E-state index contributed by atoms with van der Waals surface area (Å²) in [7, 11) is 3.26. The summed E-state index contributed by atoms with van der Waals surface area (Å²) in [5, 5.41) is 14.5. The monoisotopic (exact) mass is 379 g/mol. The van der Waals surface area contributed by atoms with Crippen LogP contribution < -0.4 is 20.1 Å². The van der Waals surface area contributed by atoms with Gasteiger partial charge < -0.3 is 20.1 Å². The lowest BCUT2D eigenvalue weighted by atomic mass is 10.1. The fourth-order valence-electron chi connectivity index (χ4n) is 2.77. The minimum Gasteiger partial charge on any atom is -0.493 e. The zero-order chi connectivity index (χ0) is 19.8. The van der Waals surface area contributed by atoms with Crippen molar-refractivity contribution in [2.45, 2.75) is 19.8 Å². The molecule has 146 valence electrons. The third kappa shape index (κ3) is 5.09. The van der Waals surface area contributed by atoms with E-state index in [1.165, 1.54) is 5.56 Å². The second-order valence-corrected chi connectivity index (χ2v) is 6.21. The summed E-state index contributed by atoms with van der Waals surface area (Å²) in [5.41, 5.74) is 3.39. The van der Waals surface area contributed by atoms with Crippen LogP contribution in [0.5, 0.6) is 11.5 Å². The van der Waals surface area contributed by atoms with Gasteiger partial charge in [0.1, 0.15) is 0 Å². The lowest BCUT2D eigenvalue weighted by Gasteiger charge is -2.10. The Bertz CT molecular complexity index is 900. The van der Waals surface area contributed by atoms with E-state index in [0.29, 0.717) is 18.3 Å². The van der Waals surface area contributed by atoms with Crippen molar-refractivity contribution in [2.75, 3.05) is 31.4 Å². The molecule has 0 aliphatic heterocycles. The van der Waals surface area contributed by atoms with Crippen LogP contribution in [0.25, 0.3) is 0 Å². The lowest BCUT2D eigenvalue weighted by Crippen LogP contribution is -2.10. The minimum absolute atomic E-state index is 0.482. The molecule has 0 bridgehead atoms. The van der Waals surface area contributed by atoms with Gasteiger partial charge in [-0.05, 0) is 48.2 Å². The molecule has 0 aliphatic carbocycles. The number of hydrogen-bond donors (Lipinski definition) is 2. The van der Waals surface area contributed by atoms with Gasteiger partial charge in [0.05, 0.1) is 20.4 Å². The summed E-state index contributed by atoms with van der Waals surface area (Å²) in [6.45, 7) is 2.81. The van der Waals surface area contributed by atoms with Crippen LogP contribution in [0.4, 0.5) is 17.5 Å². The van der Waals surface area contributed by atoms with Crippen LogP contribution in [0.1, 0.15) is 18.1 Å². The molecule has 0 saturated carbocycles. The molecule has 7 nitrogen and oxygen atoms in total. The molecule has 3 rings (SSSR count). The number of ether oxygens (including phenoxy) is 2. The van der Waals surface area contributed by atoms with Crippen LogP contribution in [0.2, 0.25) is 0 Å². The van der Waals surface area contributed by atoms with Gasteiger partial charge >= 0.3 is 0 Å². The Balaban J connectivity index is 1.57. The van der Waals surface area contributed by atoms with Gasteiger partial charge in [-0.1, -0.05) is 25.1 Å². The predicted molar refractivity (Wildman–Crippen MR) is 111 cm³/mol. The average Bonchev–Trinajstić information content (AvgIpc) is 2.74.